The molecule has 4 heterocycles. The zero-order valence-electron chi connectivity index (χ0n) is 18.5. The summed E-state index contributed by atoms with van der Waals surface area (Å²) >= 11 is 0. The molecule has 0 spiro atoms. The van der Waals surface area contributed by atoms with E-state index in [-0.39, 0.29) is 31.3 Å². The van der Waals surface area contributed by atoms with E-state index in [2.05, 4.69) is 20.3 Å². The van der Waals surface area contributed by atoms with Crippen LogP contribution in [0.3, 0.4) is 0 Å². The fourth-order valence-electron chi connectivity index (χ4n) is 4.40. The number of fused-ring (bicyclic) bond motifs is 3. The summed E-state index contributed by atoms with van der Waals surface area (Å²) in [7, 11) is 1.80. The third-order valence-corrected chi connectivity index (χ3v) is 6.15. The van der Waals surface area contributed by atoms with E-state index in [0.717, 1.165) is 54.9 Å². The number of amides is 1. The van der Waals surface area contributed by atoms with Gasteiger partial charge in [-0.3, -0.25) is 9.48 Å². The number of nitrogens with zero attached hydrogens (tertiary/aromatic N) is 6. The Hall–Kier alpha value is -3.14. The summed E-state index contributed by atoms with van der Waals surface area (Å²) in [5.74, 6) is 1.23. The Labute approximate surface area is 199 Å². The van der Waals surface area contributed by atoms with Gasteiger partial charge in [0.15, 0.2) is 5.82 Å². The number of aromatic nitrogens is 4. The van der Waals surface area contributed by atoms with Crippen LogP contribution in [-0.4, -0.2) is 45.3 Å². The normalized spacial score (nSPS) is 17.6. The molecule has 1 N–H and O–H groups in total. The molecule has 0 unspecified atom stereocenters. The van der Waals surface area contributed by atoms with Crippen LogP contribution in [0.25, 0.3) is 0 Å². The van der Waals surface area contributed by atoms with Crippen LogP contribution in [0.15, 0.2) is 42.9 Å². The number of nitrogens with one attached hydrogen (secondary N) is 1. The van der Waals surface area contributed by atoms with Gasteiger partial charge in [0.2, 0.25) is 11.9 Å². The minimum atomic E-state index is -0.244. The SMILES string of the molecule is CN1C(=O)[C@@H]2CCCCCN2c2nc(NCc3cnn(Cc4ccc(F)cc4)c3)ncc21.S. The maximum Gasteiger partial charge on any atom is 0.249 e. The highest BCUT2D eigenvalue weighted by atomic mass is 32.1. The van der Waals surface area contributed by atoms with Crippen molar-refractivity contribution in [3.05, 3.63) is 59.8 Å². The molecule has 0 radical (unpaired) electrons. The van der Waals surface area contributed by atoms with Gasteiger partial charge < -0.3 is 15.1 Å². The molecule has 2 aromatic heterocycles. The van der Waals surface area contributed by atoms with E-state index in [1.165, 1.54) is 12.1 Å². The van der Waals surface area contributed by atoms with Crippen LogP contribution >= 0.6 is 13.5 Å². The maximum absolute atomic E-state index is 13.1. The van der Waals surface area contributed by atoms with E-state index in [9.17, 15) is 9.18 Å². The summed E-state index contributed by atoms with van der Waals surface area (Å²) in [5.41, 5.74) is 2.73. The van der Waals surface area contributed by atoms with Crippen LogP contribution in [0.5, 0.6) is 0 Å². The first-order chi connectivity index (χ1) is 15.6. The summed E-state index contributed by atoms with van der Waals surface area (Å²) < 4.78 is 14.9. The number of carbonyl (C=O) groups is 1. The van der Waals surface area contributed by atoms with Crippen molar-refractivity contribution >= 4 is 36.9 Å². The number of halogens is 1. The Bertz CT molecular complexity index is 1120. The molecule has 8 nitrogen and oxygen atoms in total. The number of rotatable bonds is 5. The van der Waals surface area contributed by atoms with Crippen molar-refractivity contribution in [2.45, 2.75) is 44.8 Å². The minimum Gasteiger partial charge on any atom is -0.350 e. The number of likely N-dealkylation sites (N-methyl/N-ethyl adjacent to an activating group) is 1. The molecule has 1 atom stereocenters. The van der Waals surface area contributed by atoms with Crippen LogP contribution in [0, 0.1) is 5.82 Å². The molecule has 2 aliphatic heterocycles. The van der Waals surface area contributed by atoms with Gasteiger partial charge in [0.05, 0.1) is 18.9 Å². The fraction of sp³-hybridized carbons (Fsp3) is 0.391. The zero-order valence-corrected chi connectivity index (χ0v) is 19.5. The zero-order chi connectivity index (χ0) is 22.1. The number of hydrogen-bond acceptors (Lipinski definition) is 6. The monoisotopic (exact) mass is 469 g/mol. The summed E-state index contributed by atoms with van der Waals surface area (Å²) in [5, 5.41) is 7.67. The van der Waals surface area contributed by atoms with E-state index < -0.39 is 0 Å². The van der Waals surface area contributed by atoms with Gasteiger partial charge in [0, 0.05) is 31.9 Å². The highest BCUT2D eigenvalue weighted by Crippen LogP contribution is 2.36. The van der Waals surface area contributed by atoms with Gasteiger partial charge in [0.1, 0.15) is 17.5 Å². The average molecular weight is 470 g/mol. The van der Waals surface area contributed by atoms with Gasteiger partial charge in [-0.05, 0) is 30.5 Å². The summed E-state index contributed by atoms with van der Waals surface area (Å²) in [4.78, 5) is 25.8. The highest BCUT2D eigenvalue weighted by molar-refractivity contribution is 7.59. The molecule has 0 aliphatic carbocycles. The Balaban J connectivity index is 0.00000259. The van der Waals surface area contributed by atoms with Crippen LogP contribution in [0.1, 0.15) is 36.8 Å². The van der Waals surface area contributed by atoms with Crippen LogP contribution in [-0.2, 0) is 17.9 Å². The van der Waals surface area contributed by atoms with Gasteiger partial charge in [0.25, 0.3) is 0 Å². The molecule has 1 saturated heterocycles. The van der Waals surface area contributed by atoms with Crippen molar-refractivity contribution in [1.82, 2.24) is 19.7 Å². The molecule has 5 rings (SSSR count). The molecule has 33 heavy (non-hydrogen) atoms. The molecule has 0 saturated carbocycles. The lowest BCUT2D eigenvalue weighted by molar-refractivity contribution is -0.120. The molecule has 0 bridgehead atoms. The van der Waals surface area contributed by atoms with Gasteiger partial charge >= 0.3 is 0 Å². The van der Waals surface area contributed by atoms with E-state index >= 15 is 0 Å². The molecule has 3 aromatic rings. The van der Waals surface area contributed by atoms with Gasteiger partial charge in [-0.15, -0.1) is 0 Å². The van der Waals surface area contributed by atoms with E-state index in [4.69, 9.17) is 4.98 Å². The largest absolute Gasteiger partial charge is 0.350 e. The highest BCUT2D eigenvalue weighted by Gasteiger charge is 2.38. The molecule has 1 fully saturated rings. The standard InChI is InChI=1S/C23H26FN7O.H2S/c1-29-20-13-26-23(28-21(20)31-10-4-2-3-5-19(31)22(29)32)25-11-17-12-27-30(15-17)14-16-6-8-18(24)9-7-16;/h6-9,12-13,15,19H,2-5,10-11,14H2,1H3,(H,25,26,28);1H2/t19-;/m0./s1. The minimum absolute atomic E-state index is 0. The fourth-order valence-corrected chi connectivity index (χ4v) is 4.40. The van der Waals surface area contributed by atoms with Crippen LogP contribution < -0.4 is 15.1 Å². The van der Waals surface area contributed by atoms with Crippen molar-refractivity contribution in [1.29, 1.82) is 0 Å². The van der Waals surface area contributed by atoms with Gasteiger partial charge in [-0.1, -0.05) is 25.0 Å². The van der Waals surface area contributed by atoms with Crippen molar-refractivity contribution in [3.63, 3.8) is 0 Å². The topological polar surface area (TPSA) is 79.2 Å². The van der Waals surface area contributed by atoms with Crippen molar-refractivity contribution in [3.8, 4) is 0 Å². The first-order valence-electron chi connectivity index (χ1n) is 11.0. The smallest absolute Gasteiger partial charge is 0.249 e. The number of anilines is 3. The summed E-state index contributed by atoms with van der Waals surface area (Å²) in [6, 6.07) is 6.28. The molecule has 1 amide bonds. The summed E-state index contributed by atoms with van der Waals surface area (Å²) in [6.45, 7) is 1.94. The molecule has 10 heteroatoms. The van der Waals surface area contributed by atoms with Gasteiger partial charge in [-0.25, -0.2) is 9.37 Å². The molecular weight excluding hydrogens is 441 g/mol. The lowest BCUT2D eigenvalue weighted by Crippen LogP contribution is -2.52. The van der Waals surface area contributed by atoms with E-state index in [0.29, 0.717) is 19.0 Å². The predicted molar refractivity (Wildman–Crippen MR) is 130 cm³/mol. The van der Waals surface area contributed by atoms with Crippen LogP contribution in [0.4, 0.5) is 21.8 Å². The average Bonchev–Trinajstić information content (AvgIpc) is 3.10. The van der Waals surface area contributed by atoms with Crippen molar-refractivity contribution in [2.24, 2.45) is 0 Å². The lowest BCUT2D eigenvalue weighted by atomic mass is 10.1. The number of carbonyl (C=O) groups excluding carboxylic acids is 1. The second kappa shape index (κ2) is 9.78. The lowest BCUT2D eigenvalue weighted by Gasteiger charge is -2.39. The second-order valence-corrected chi connectivity index (χ2v) is 8.38. The van der Waals surface area contributed by atoms with E-state index in [1.807, 2.05) is 10.9 Å². The first-order valence-corrected chi connectivity index (χ1v) is 11.0. The molecule has 174 valence electrons. The molecular formula is C23H28FN7OS. The maximum atomic E-state index is 13.1. The second-order valence-electron chi connectivity index (χ2n) is 8.38. The van der Waals surface area contributed by atoms with Crippen molar-refractivity contribution in [2.75, 3.05) is 28.7 Å². The van der Waals surface area contributed by atoms with Crippen molar-refractivity contribution < 1.29 is 9.18 Å². The Morgan fingerprint density at radius 2 is 1.94 bits per heavy atom. The van der Waals surface area contributed by atoms with Gasteiger partial charge in [-0.2, -0.15) is 23.6 Å². The molecule has 1 aromatic carbocycles. The van der Waals surface area contributed by atoms with Crippen LogP contribution in [0.2, 0.25) is 0 Å². The van der Waals surface area contributed by atoms with E-state index in [1.54, 1.807) is 36.5 Å². The Morgan fingerprint density at radius 3 is 2.76 bits per heavy atom. The number of benzene rings is 1. The Kier molecular flexibility index (Phi) is 6.83. The summed E-state index contributed by atoms with van der Waals surface area (Å²) in [6.07, 6.45) is 9.60. The Morgan fingerprint density at radius 1 is 1.12 bits per heavy atom. The number of hydrogen-bond donors (Lipinski definition) is 1. The third kappa shape index (κ3) is 4.80. The predicted octanol–water partition coefficient (Wildman–Crippen LogP) is 3.31. The molecule has 2 aliphatic rings. The third-order valence-electron chi connectivity index (χ3n) is 6.15. The quantitative estimate of drug-likeness (QED) is 0.618. The first kappa shape index (κ1) is 23.0.